The number of hydrogen-bond donors (Lipinski definition) is 2. The maximum atomic E-state index is 13.0. The van der Waals surface area contributed by atoms with E-state index in [1.807, 2.05) is 20.8 Å². The number of anilines is 1. The molecule has 0 aliphatic heterocycles. The molecule has 132 valence electrons. The number of nitrogens with zero attached hydrogens (tertiary/aromatic N) is 4. The van der Waals surface area contributed by atoms with Crippen LogP contribution in [-0.4, -0.2) is 37.8 Å². The molecule has 0 saturated heterocycles. The standard InChI is InChI=1S/C14H19F3N6O/c1-7-8(2)11-20-21-12(14(15,16)17)23(11)22-10(7)18-6-9(24)19-13(3,4)5/h6H2,1-5H3,(H,18,22)(H,19,24). The number of aryl methyl sites for hydroxylation is 1. The van der Waals surface area contributed by atoms with Crippen LogP contribution < -0.4 is 10.6 Å². The monoisotopic (exact) mass is 344 g/mol. The van der Waals surface area contributed by atoms with Gasteiger partial charge < -0.3 is 10.6 Å². The van der Waals surface area contributed by atoms with Crippen LogP contribution in [0.15, 0.2) is 0 Å². The molecule has 0 spiro atoms. The van der Waals surface area contributed by atoms with E-state index in [1.165, 1.54) is 0 Å². The molecular formula is C14H19F3N6O. The maximum absolute atomic E-state index is 13.0. The molecule has 0 radical (unpaired) electrons. The number of fused-ring (bicyclic) bond motifs is 1. The summed E-state index contributed by atoms with van der Waals surface area (Å²) in [4.78, 5) is 11.9. The second kappa shape index (κ2) is 5.91. The van der Waals surface area contributed by atoms with Crippen molar-refractivity contribution in [3.63, 3.8) is 0 Å². The largest absolute Gasteiger partial charge is 0.453 e. The molecule has 24 heavy (non-hydrogen) atoms. The highest BCUT2D eigenvalue weighted by Crippen LogP contribution is 2.29. The Labute approximate surface area is 136 Å². The molecule has 0 aliphatic rings. The van der Waals surface area contributed by atoms with Gasteiger partial charge in [-0.2, -0.15) is 17.7 Å². The molecule has 2 N–H and O–H groups in total. The predicted octanol–water partition coefficient (Wildman–Crippen LogP) is 2.09. The molecule has 1 amide bonds. The van der Waals surface area contributed by atoms with Crippen molar-refractivity contribution in [1.29, 1.82) is 0 Å². The fourth-order valence-corrected chi connectivity index (χ4v) is 2.10. The van der Waals surface area contributed by atoms with Gasteiger partial charge in [0, 0.05) is 11.1 Å². The second-order valence-electron chi connectivity index (χ2n) is 6.51. The average Bonchev–Trinajstić information content (AvgIpc) is 2.83. The highest BCUT2D eigenvalue weighted by atomic mass is 19.4. The number of aromatic nitrogens is 4. The fraction of sp³-hybridized carbons (Fsp3) is 0.571. The Morgan fingerprint density at radius 1 is 1.12 bits per heavy atom. The van der Waals surface area contributed by atoms with Crippen molar-refractivity contribution in [2.24, 2.45) is 0 Å². The SMILES string of the molecule is Cc1c(NCC(=O)NC(C)(C)C)nn2c(C(F)(F)F)nnc2c1C. The zero-order chi connectivity index (χ0) is 18.3. The van der Waals surface area contributed by atoms with E-state index in [-0.39, 0.29) is 23.9 Å². The van der Waals surface area contributed by atoms with Gasteiger partial charge >= 0.3 is 6.18 Å². The van der Waals surface area contributed by atoms with Crippen molar-refractivity contribution >= 4 is 17.4 Å². The molecule has 0 unspecified atom stereocenters. The second-order valence-corrected chi connectivity index (χ2v) is 6.51. The zero-order valence-electron chi connectivity index (χ0n) is 14.0. The Morgan fingerprint density at radius 3 is 2.29 bits per heavy atom. The molecule has 2 rings (SSSR count). The van der Waals surface area contributed by atoms with Crippen molar-refractivity contribution in [3.8, 4) is 0 Å². The van der Waals surface area contributed by atoms with E-state index < -0.39 is 17.5 Å². The Hall–Kier alpha value is -2.39. The molecule has 0 fully saturated rings. The first kappa shape index (κ1) is 18.0. The lowest BCUT2D eigenvalue weighted by molar-refractivity contribution is -0.146. The van der Waals surface area contributed by atoms with Crippen molar-refractivity contribution in [3.05, 3.63) is 17.0 Å². The Bertz CT molecular complexity index is 775. The average molecular weight is 344 g/mol. The third-order valence-corrected chi connectivity index (χ3v) is 3.28. The van der Waals surface area contributed by atoms with Crippen LogP contribution in [0.4, 0.5) is 19.0 Å². The minimum absolute atomic E-state index is 0.0320. The van der Waals surface area contributed by atoms with Gasteiger partial charge in [0.15, 0.2) is 11.5 Å². The molecular weight excluding hydrogens is 325 g/mol. The van der Waals surface area contributed by atoms with Gasteiger partial charge in [-0.1, -0.05) is 0 Å². The van der Waals surface area contributed by atoms with E-state index in [0.717, 1.165) is 0 Å². The number of nitrogens with one attached hydrogen (secondary N) is 2. The third kappa shape index (κ3) is 3.74. The van der Waals surface area contributed by atoms with Crippen LogP contribution in [0, 0.1) is 13.8 Å². The van der Waals surface area contributed by atoms with Crippen LogP contribution in [0.2, 0.25) is 0 Å². The van der Waals surface area contributed by atoms with E-state index in [0.29, 0.717) is 15.6 Å². The third-order valence-electron chi connectivity index (χ3n) is 3.28. The van der Waals surface area contributed by atoms with Crippen LogP contribution in [-0.2, 0) is 11.0 Å². The minimum Gasteiger partial charge on any atom is -0.359 e. The summed E-state index contributed by atoms with van der Waals surface area (Å²) in [6.45, 7) is 8.70. The number of rotatable bonds is 3. The summed E-state index contributed by atoms with van der Waals surface area (Å²) in [5.41, 5.74) is 0.738. The van der Waals surface area contributed by atoms with E-state index >= 15 is 0 Å². The molecule has 2 aromatic rings. The molecule has 0 aromatic carbocycles. The molecule has 0 saturated carbocycles. The topological polar surface area (TPSA) is 84.2 Å². The van der Waals surface area contributed by atoms with Gasteiger partial charge in [0.05, 0.1) is 6.54 Å². The minimum atomic E-state index is -4.67. The first-order valence-corrected chi connectivity index (χ1v) is 7.25. The van der Waals surface area contributed by atoms with Crippen LogP contribution in [0.5, 0.6) is 0 Å². The Balaban J connectivity index is 2.34. The fourth-order valence-electron chi connectivity index (χ4n) is 2.10. The van der Waals surface area contributed by atoms with E-state index in [9.17, 15) is 18.0 Å². The highest BCUT2D eigenvalue weighted by Gasteiger charge is 2.38. The van der Waals surface area contributed by atoms with Crippen molar-refractivity contribution in [1.82, 2.24) is 25.1 Å². The molecule has 0 bridgehead atoms. The zero-order valence-corrected chi connectivity index (χ0v) is 14.0. The quantitative estimate of drug-likeness (QED) is 0.891. The molecule has 10 heteroatoms. The van der Waals surface area contributed by atoms with E-state index in [2.05, 4.69) is 25.9 Å². The highest BCUT2D eigenvalue weighted by molar-refractivity contribution is 5.81. The van der Waals surface area contributed by atoms with Crippen LogP contribution in [0.3, 0.4) is 0 Å². The normalized spacial score (nSPS) is 12.5. The Morgan fingerprint density at radius 2 is 1.75 bits per heavy atom. The van der Waals surface area contributed by atoms with Gasteiger partial charge in [-0.05, 0) is 40.2 Å². The summed E-state index contributed by atoms with van der Waals surface area (Å²) >= 11 is 0. The van der Waals surface area contributed by atoms with Crippen molar-refractivity contribution in [2.75, 3.05) is 11.9 Å². The number of carbonyl (C=O) groups excluding carboxylic acids is 1. The van der Waals surface area contributed by atoms with Gasteiger partial charge in [0.25, 0.3) is 5.82 Å². The number of alkyl halides is 3. The van der Waals surface area contributed by atoms with Crippen molar-refractivity contribution < 1.29 is 18.0 Å². The summed E-state index contributed by atoms with van der Waals surface area (Å²) in [6.07, 6.45) is -4.67. The summed E-state index contributed by atoms with van der Waals surface area (Å²) < 4.78 is 39.5. The van der Waals surface area contributed by atoms with Crippen LogP contribution in [0.25, 0.3) is 5.65 Å². The molecule has 2 heterocycles. The number of halogens is 3. The maximum Gasteiger partial charge on any atom is 0.453 e. The van der Waals surface area contributed by atoms with E-state index in [4.69, 9.17) is 0 Å². The Kier molecular flexibility index (Phi) is 4.42. The van der Waals surface area contributed by atoms with Gasteiger partial charge in [0.2, 0.25) is 5.91 Å². The van der Waals surface area contributed by atoms with Gasteiger partial charge in [-0.15, -0.1) is 15.3 Å². The molecule has 7 nitrogen and oxygen atoms in total. The van der Waals surface area contributed by atoms with Crippen LogP contribution >= 0.6 is 0 Å². The lowest BCUT2D eigenvalue weighted by Crippen LogP contribution is -2.43. The first-order valence-electron chi connectivity index (χ1n) is 7.25. The number of amides is 1. The smallest absolute Gasteiger partial charge is 0.359 e. The van der Waals surface area contributed by atoms with Gasteiger partial charge in [-0.3, -0.25) is 4.79 Å². The van der Waals surface area contributed by atoms with E-state index in [1.54, 1.807) is 13.8 Å². The summed E-state index contributed by atoms with van der Waals surface area (Å²) in [7, 11) is 0. The summed E-state index contributed by atoms with van der Waals surface area (Å²) in [5, 5.41) is 16.2. The summed E-state index contributed by atoms with van der Waals surface area (Å²) in [6, 6.07) is 0. The first-order chi connectivity index (χ1) is 10.9. The predicted molar refractivity (Wildman–Crippen MR) is 81.6 cm³/mol. The number of hydrogen-bond acceptors (Lipinski definition) is 5. The van der Waals surface area contributed by atoms with Crippen molar-refractivity contribution in [2.45, 2.75) is 46.3 Å². The van der Waals surface area contributed by atoms with Crippen LogP contribution in [0.1, 0.15) is 37.7 Å². The molecule has 0 atom stereocenters. The molecule has 2 aromatic heterocycles. The molecule has 0 aliphatic carbocycles. The summed E-state index contributed by atoms with van der Waals surface area (Å²) in [5.74, 6) is -1.32. The lowest BCUT2D eigenvalue weighted by Gasteiger charge is -2.21. The lowest BCUT2D eigenvalue weighted by atomic mass is 10.1. The van der Waals surface area contributed by atoms with Gasteiger partial charge in [0.1, 0.15) is 0 Å². The number of carbonyl (C=O) groups is 1. The van der Waals surface area contributed by atoms with Gasteiger partial charge in [-0.25, -0.2) is 0 Å².